The quantitative estimate of drug-likeness (QED) is 0.0516. The van der Waals surface area contributed by atoms with Crippen LogP contribution in [0.5, 0.6) is 0 Å². The lowest BCUT2D eigenvalue weighted by Crippen LogP contribution is -2.48. The highest BCUT2D eigenvalue weighted by Crippen LogP contribution is 2.20. The Bertz CT molecular complexity index is 1850. The van der Waals surface area contributed by atoms with Gasteiger partial charge in [0, 0.05) is 0 Å². The molecule has 0 spiro atoms. The Morgan fingerprint density at radius 3 is 1.38 bits per heavy atom. The molecule has 0 aliphatic carbocycles. The summed E-state index contributed by atoms with van der Waals surface area (Å²) < 4.78 is 23.3. The van der Waals surface area contributed by atoms with E-state index in [0.717, 1.165) is 11.8 Å². The second-order valence-electron chi connectivity index (χ2n) is 10.8. The maximum Gasteiger partial charge on any atom is 0.338 e. The van der Waals surface area contributed by atoms with Crippen molar-refractivity contribution in [2.24, 2.45) is 5.16 Å². The first-order valence-corrected chi connectivity index (χ1v) is 15.7. The second kappa shape index (κ2) is 18.1. The van der Waals surface area contributed by atoms with Crippen molar-refractivity contribution < 1.29 is 43.0 Å². The van der Waals surface area contributed by atoms with Gasteiger partial charge < -0.3 is 23.8 Å². The highest BCUT2D eigenvalue weighted by Gasteiger charge is 2.39. The molecule has 5 aromatic rings. The molecular formula is C40H33NO9. The third-order valence-electron chi connectivity index (χ3n) is 7.21. The zero-order chi connectivity index (χ0) is 35.0. The van der Waals surface area contributed by atoms with Crippen molar-refractivity contribution in [2.45, 2.75) is 24.9 Å². The Balaban J connectivity index is 1.51. The number of esters is 4. The third kappa shape index (κ3) is 10.2. The van der Waals surface area contributed by atoms with Crippen LogP contribution in [0.3, 0.4) is 0 Å². The Morgan fingerprint density at radius 1 is 0.500 bits per heavy atom. The summed E-state index contributed by atoms with van der Waals surface area (Å²) in [5, 5.41) is 4.04. The van der Waals surface area contributed by atoms with E-state index in [2.05, 4.69) is 5.16 Å². The summed E-state index contributed by atoms with van der Waals surface area (Å²) in [6.07, 6.45) is -3.46. The summed E-state index contributed by atoms with van der Waals surface area (Å²) >= 11 is 0. The SMILES string of the molecule is O=C(OC[C@@H](OC(=O)c1ccccc1)[C@@H](OC(=O)c1ccccc1)[C@@H](/C=N\OCc1ccccc1)OC(=O)c1ccccc1)c1ccccc1. The van der Waals surface area contributed by atoms with Crippen molar-refractivity contribution in [3.05, 3.63) is 179 Å². The fourth-order valence-corrected chi connectivity index (χ4v) is 4.65. The molecule has 10 nitrogen and oxygen atoms in total. The van der Waals surface area contributed by atoms with Gasteiger partial charge in [0.1, 0.15) is 13.2 Å². The van der Waals surface area contributed by atoms with Gasteiger partial charge in [-0.3, -0.25) is 0 Å². The molecule has 0 unspecified atom stereocenters. The molecule has 5 aromatic carbocycles. The number of benzene rings is 5. The number of hydrogen-bond acceptors (Lipinski definition) is 10. The molecule has 0 amide bonds. The average Bonchev–Trinajstić information content (AvgIpc) is 3.18. The Morgan fingerprint density at radius 2 is 0.900 bits per heavy atom. The van der Waals surface area contributed by atoms with Gasteiger partial charge in [-0.15, -0.1) is 0 Å². The smallest absolute Gasteiger partial charge is 0.338 e. The summed E-state index contributed by atoms with van der Waals surface area (Å²) in [7, 11) is 0. The molecule has 5 rings (SSSR count). The van der Waals surface area contributed by atoms with Crippen molar-refractivity contribution in [3.63, 3.8) is 0 Å². The normalized spacial score (nSPS) is 12.6. The molecule has 0 saturated heterocycles. The van der Waals surface area contributed by atoms with Crippen LogP contribution in [0, 0.1) is 0 Å². The third-order valence-corrected chi connectivity index (χ3v) is 7.21. The lowest BCUT2D eigenvalue weighted by molar-refractivity contribution is -0.0863. The first-order chi connectivity index (χ1) is 24.5. The van der Waals surface area contributed by atoms with E-state index >= 15 is 0 Å². The van der Waals surface area contributed by atoms with Crippen molar-refractivity contribution >= 4 is 30.1 Å². The van der Waals surface area contributed by atoms with Crippen LogP contribution in [-0.4, -0.2) is 55.0 Å². The van der Waals surface area contributed by atoms with Gasteiger partial charge in [0.2, 0.25) is 0 Å². The summed E-state index contributed by atoms with van der Waals surface area (Å²) in [6.45, 7) is -0.511. The molecule has 0 bridgehead atoms. The van der Waals surface area contributed by atoms with Crippen LogP contribution < -0.4 is 0 Å². The molecule has 0 N–H and O–H groups in total. The van der Waals surface area contributed by atoms with E-state index in [1.165, 1.54) is 24.3 Å². The van der Waals surface area contributed by atoms with Crippen molar-refractivity contribution in [2.75, 3.05) is 6.61 Å². The Kier molecular flexibility index (Phi) is 12.6. The number of rotatable bonds is 15. The van der Waals surface area contributed by atoms with Gasteiger partial charge in [0.25, 0.3) is 0 Å². The summed E-state index contributed by atoms with van der Waals surface area (Å²) in [5.74, 6) is -3.15. The average molecular weight is 672 g/mol. The monoisotopic (exact) mass is 671 g/mol. The van der Waals surface area contributed by atoms with Crippen LogP contribution in [-0.2, 0) is 30.4 Å². The maximum atomic E-state index is 13.6. The molecule has 0 saturated carbocycles. The lowest BCUT2D eigenvalue weighted by Gasteiger charge is -2.30. The van der Waals surface area contributed by atoms with Crippen molar-refractivity contribution in [3.8, 4) is 0 Å². The predicted molar refractivity (Wildman–Crippen MR) is 183 cm³/mol. The van der Waals surface area contributed by atoms with Gasteiger partial charge in [-0.25, -0.2) is 19.2 Å². The van der Waals surface area contributed by atoms with Gasteiger partial charge in [-0.2, -0.15) is 0 Å². The molecule has 0 heterocycles. The Labute approximate surface area is 288 Å². The number of carbonyl (C=O) groups excluding carboxylic acids is 4. The zero-order valence-electron chi connectivity index (χ0n) is 26.8. The van der Waals surface area contributed by atoms with Gasteiger partial charge in [0.15, 0.2) is 18.3 Å². The van der Waals surface area contributed by atoms with Crippen LogP contribution in [0.4, 0.5) is 0 Å². The molecule has 252 valence electrons. The molecule has 0 fully saturated rings. The lowest BCUT2D eigenvalue weighted by atomic mass is 10.1. The summed E-state index contributed by atoms with van der Waals surface area (Å²) in [6, 6.07) is 41.7. The standard InChI is InChI=1S/C40H33NO9/c42-37(30-18-8-2-9-19-30)46-28-35(49-39(44)32-22-12-4-13-23-32)36(50-40(45)33-24-14-5-15-25-33)34(48-38(43)31-20-10-3-11-21-31)26-41-47-27-29-16-6-1-7-17-29/h1-26,34-36H,27-28H2/b41-26-/t34-,35-,36+/m1/s1. The van der Waals surface area contributed by atoms with Crippen molar-refractivity contribution in [1.82, 2.24) is 0 Å². The first kappa shape index (κ1) is 34.8. The molecule has 3 atom stereocenters. The molecule has 0 aliphatic rings. The number of ether oxygens (including phenoxy) is 4. The van der Waals surface area contributed by atoms with Crippen LogP contribution in [0.2, 0.25) is 0 Å². The van der Waals surface area contributed by atoms with E-state index in [1.54, 1.807) is 97.1 Å². The second-order valence-corrected chi connectivity index (χ2v) is 10.8. The van der Waals surface area contributed by atoms with Gasteiger partial charge in [0.05, 0.1) is 28.5 Å². The zero-order valence-corrected chi connectivity index (χ0v) is 26.8. The number of nitrogens with zero attached hydrogens (tertiary/aromatic N) is 1. The molecule has 50 heavy (non-hydrogen) atoms. The van der Waals surface area contributed by atoms with E-state index in [9.17, 15) is 19.2 Å². The van der Waals surface area contributed by atoms with E-state index in [1.807, 2.05) is 30.3 Å². The fourth-order valence-electron chi connectivity index (χ4n) is 4.65. The Hall–Kier alpha value is -6.55. The largest absolute Gasteiger partial charge is 0.458 e. The van der Waals surface area contributed by atoms with Crippen molar-refractivity contribution in [1.29, 1.82) is 0 Å². The highest BCUT2D eigenvalue weighted by molar-refractivity contribution is 5.92. The minimum absolute atomic E-state index is 0.0757. The van der Waals surface area contributed by atoms with Crippen LogP contribution in [0.25, 0.3) is 0 Å². The summed E-state index contributed by atoms with van der Waals surface area (Å²) in [5.41, 5.74) is 1.59. The van der Waals surface area contributed by atoms with Crippen LogP contribution >= 0.6 is 0 Å². The minimum Gasteiger partial charge on any atom is -0.458 e. The van der Waals surface area contributed by atoms with E-state index in [-0.39, 0.29) is 28.9 Å². The molecule has 0 radical (unpaired) electrons. The molecule has 10 heteroatoms. The molecular weight excluding hydrogens is 638 g/mol. The summed E-state index contributed by atoms with van der Waals surface area (Å²) in [4.78, 5) is 59.0. The van der Waals surface area contributed by atoms with Gasteiger partial charge in [-0.1, -0.05) is 108 Å². The minimum atomic E-state index is -1.59. The number of oxime groups is 1. The molecule has 0 aromatic heterocycles. The topological polar surface area (TPSA) is 127 Å². The number of hydrogen-bond donors (Lipinski definition) is 0. The maximum absolute atomic E-state index is 13.6. The highest BCUT2D eigenvalue weighted by atomic mass is 16.6. The van der Waals surface area contributed by atoms with Crippen LogP contribution in [0.1, 0.15) is 47.0 Å². The van der Waals surface area contributed by atoms with E-state index in [0.29, 0.717) is 0 Å². The van der Waals surface area contributed by atoms with Crippen LogP contribution in [0.15, 0.2) is 157 Å². The number of carbonyl (C=O) groups is 4. The first-order valence-electron chi connectivity index (χ1n) is 15.7. The predicted octanol–water partition coefficient (Wildman–Crippen LogP) is 6.72. The molecule has 0 aliphatic heterocycles. The fraction of sp³-hybridized carbons (Fsp3) is 0.125. The van der Waals surface area contributed by atoms with E-state index in [4.69, 9.17) is 23.8 Å². The van der Waals surface area contributed by atoms with E-state index < -0.39 is 48.8 Å². The van der Waals surface area contributed by atoms with Gasteiger partial charge in [-0.05, 0) is 54.1 Å². The van der Waals surface area contributed by atoms with Gasteiger partial charge >= 0.3 is 23.9 Å².